The van der Waals surface area contributed by atoms with E-state index in [9.17, 15) is 0 Å². The molecule has 0 saturated carbocycles. The summed E-state index contributed by atoms with van der Waals surface area (Å²) in [5.41, 5.74) is 20.5. The molecule has 0 atom stereocenters. The number of hydrogen-bond donors (Lipinski definition) is 0. The van der Waals surface area contributed by atoms with Gasteiger partial charge in [0.25, 0.3) is 0 Å². The molecule has 0 amide bonds. The van der Waals surface area contributed by atoms with Crippen molar-refractivity contribution in [1.82, 2.24) is 28.7 Å². The van der Waals surface area contributed by atoms with Crippen molar-refractivity contribution in [3.05, 3.63) is 216 Å². The number of hydrogen-bond acceptors (Lipinski definition) is 3. The van der Waals surface area contributed by atoms with E-state index in [1.807, 2.05) is 0 Å². The highest BCUT2D eigenvalue weighted by Gasteiger charge is 2.37. The number of benzene rings is 8. The first kappa shape index (κ1) is 38.0. The summed E-state index contributed by atoms with van der Waals surface area (Å²) in [4.78, 5) is 16.7. The van der Waals surface area contributed by atoms with Gasteiger partial charge in [-0.1, -0.05) is 173 Å². The van der Waals surface area contributed by atoms with Crippen molar-refractivity contribution in [3.8, 4) is 62.4 Å². The lowest BCUT2D eigenvalue weighted by atomic mass is 9.82. The molecule has 67 heavy (non-hydrogen) atoms. The maximum absolute atomic E-state index is 5.63. The Morgan fingerprint density at radius 1 is 0.328 bits per heavy atom. The Bertz CT molecular complexity index is 3780. The lowest BCUT2D eigenvalue weighted by molar-refractivity contribution is 0.660. The van der Waals surface area contributed by atoms with Crippen molar-refractivity contribution in [1.29, 1.82) is 0 Å². The van der Waals surface area contributed by atoms with Gasteiger partial charge in [0.1, 0.15) is 0 Å². The Balaban J connectivity index is 1.12. The molecule has 2 aliphatic rings. The van der Waals surface area contributed by atoms with Crippen LogP contribution < -0.4 is 0 Å². The Hall–Kier alpha value is -8.35. The molecule has 6 nitrogen and oxygen atoms in total. The summed E-state index contributed by atoms with van der Waals surface area (Å²) < 4.78 is 7.18. The predicted octanol–water partition coefficient (Wildman–Crippen LogP) is 14.8. The molecular weight excluding hydrogens is 817 g/mol. The monoisotopic (exact) mass is 860 g/mol. The highest BCUT2D eigenvalue weighted by Crippen LogP contribution is 2.52. The Kier molecular flexibility index (Phi) is 7.71. The van der Waals surface area contributed by atoms with Gasteiger partial charge in [-0.2, -0.15) is 9.97 Å². The lowest BCUT2D eigenvalue weighted by Crippen LogP contribution is -2.15. The summed E-state index contributed by atoms with van der Waals surface area (Å²) in [7, 11) is 0. The van der Waals surface area contributed by atoms with Crippen molar-refractivity contribution >= 4 is 43.9 Å². The molecule has 12 aromatic rings. The number of fused-ring (bicyclic) bond motifs is 13. The first-order chi connectivity index (χ1) is 32.8. The zero-order chi connectivity index (χ0) is 44.8. The molecule has 2 aliphatic carbocycles. The van der Waals surface area contributed by atoms with Crippen LogP contribution >= 0.6 is 0 Å². The fraction of sp³-hybridized carbons (Fsp3) is 0.0984. The molecule has 8 aromatic carbocycles. The minimum absolute atomic E-state index is 0.196. The largest absolute Gasteiger partial charge is 0.306 e. The first-order valence-electron chi connectivity index (χ1n) is 23.2. The van der Waals surface area contributed by atoms with Gasteiger partial charge in [0.2, 0.25) is 5.95 Å². The molecular formula is C61H44N6. The third kappa shape index (κ3) is 5.18. The van der Waals surface area contributed by atoms with E-state index < -0.39 is 0 Å². The molecule has 4 heterocycles. The second-order valence-corrected chi connectivity index (χ2v) is 19.3. The minimum Gasteiger partial charge on any atom is -0.306 e. The van der Waals surface area contributed by atoms with Crippen LogP contribution in [0.5, 0.6) is 0 Å². The highest BCUT2D eigenvalue weighted by molar-refractivity contribution is 6.25. The van der Waals surface area contributed by atoms with Gasteiger partial charge in [-0.05, 0) is 93.0 Å². The standard InChI is InChI=1S/C61H44N6/c1-60(2)47-27-15-11-23-41(47)43-33-31-37(35-49(43)60)57-62-58(38-32-34-44-42-24-12-16-28-48(42)61(3,4)50(44)36-38)64-59(63-57)67-53-45-25-13-17-29-51(45)65(39-19-7-5-8-20-39)55(53)56-54(67)46-26-14-18-30-52(46)66(56)40-21-9-6-10-22-40/h5-36H,1-4H3. The quantitative estimate of drug-likeness (QED) is 0.173. The third-order valence-corrected chi connectivity index (χ3v) is 14.9. The van der Waals surface area contributed by atoms with Crippen LogP contribution in [0.15, 0.2) is 194 Å². The maximum atomic E-state index is 5.63. The molecule has 318 valence electrons. The van der Waals surface area contributed by atoms with Gasteiger partial charge in [-0.15, -0.1) is 0 Å². The van der Waals surface area contributed by atoms with E-state index >= 15 is 0 Å². The van der Waals surface area contributed by atoms with Crippen LogP contribution in [-0.4, -0.2) is 28.7 Å². The van der Waals surface area contributed by atoms with E-state index in [1.165, 1.54) is 44.5 Å². The average molecular weight is 861 g/mol. The average Bonchev–Trinajstić information content (AvgIpc) is 4.11. The fourth-order valence-corrected chi connectivity index (χ4v) is 11.7. The highest BCUT2D eigenvalue weighted by atomic mass is 15.2. The lowest BCUT2D eigenvalue weighted by Gasteiger charge is -2.22. The Labute approximate surface area is 388 Å². The molecule has 0 N–H and O–H groups in total. The zero-order valence-electron chi connectivity index (χ0n) is 37.7. The van der Waals surface area contributed by atoms with Gasteiger partial charge in [-0.25, -0.2) is 4.98 Å². The fourth-order valence-electron chi connectivity index (χ4n) is 11.7. The zero-order valence-corrected chi connectivity index (χ0v) is 37.7. The molecule has 14 rings (SSSR count). The number of aromatic nitrogens is 6. The van der Waals surface area contributed by atoms with Gasteiger partial charge in [0.15, 0.2) is 11.6 Å². The van der Waals surface area contributed by atoms with Crippen LogP contribution in [0, 0.1) is 0 Å². The Morgan fingerprint density at radius 3 is 1.18 bits per heavy atom. The second-order valence-electron chi connectivity index (χ2n) is 19.3. The van der Waals surface area contributed by atoms with Gasteiger partial charge < -0.3 is 9.13 Å². The summed E-state index contributed by atoms with van der Waals surface area (Å²) in [6, 6.07) is 70.1. The second kappa shape index (κ2) is 13.6. The number of rotatable bonds is 5. The topological polar surface area (TPSA) is 53.5 Å². The van der Waals surface area contributed by atoms with Crippen molar-refractivity contribution < 1.29 is 0 Å². The van der Waals surface area contributed by atoms with Crippen LogP contribution in [0.25, 0.3) is 106 Å². The van der Waals surface area contributed by atoms with Gasteiger partial charge in [0.05, 0.1) is 33.1 Å². The van der Waals surface area contributed by atoms with Crippen molar-refractivity contribution in [2.75, 3.05) is 0 Å². The van der Waals surface area contributed by atoms with Crippen molar-refractivity contribution in [2.24, 2.45) is 0 Å². The van der Waals surface area contributed by atoms with E-state index in [0.29, 0.717) is 17.6 Å². The molecule has 0 radical (unpaired) electrons. The van der Waals surface area contributed by atoms with Crippen LogP contribution in [-0.2, 0) is 10.8 Å². The van der Waals surface area contributed by atoms with E-state index in [-0.39, 0.29) is 10.8 Å². The van der Waals surface area contributed by atoms with Crippen molar-refractivity contribution in [3.63, 3.8) is 0 Å². The van der Waals surface area contributed by atoms with Crippen LogP contribution in [0.4, 0.5) is 0 Å². The van der Waals surface area contributed by atoms with E-state index in [0.717, 1.165) is 66.4 Å². The van der Waals surface area contributed by atoms with E-state index in [2.05, 4.69) is 236 Å². The van der Waals surface area contributed by atoms with Crippen LogP contribution in [0.3, 0.4) is 0 Å². The summed E-state index contributed by atoms with van der Waals surface area (Å²) in [5.74, 6) is 1.83. The van der Waals surface area contributed by atoms with Crippen LogP contribution in [0.1, 0.15) is 49.9 Å². The summed E-state index contributed by atoms with van der Waals surface area (Å²) in [6.07, 6.45) is 0. The third-order valence-electron chi connectivity index (χ3n) is 14.9. The molecule has 0 unspecified atom stereocenters. The van der Waals surface area contributed by atoms with E-state index in [1.54, 1.807) is 0 Å². The normalized spacial score (nSPS) is 14.2. The molecule has 0 saturated heterocycles. The maximum Gasteiger partial charge on any atom is 0.238 e. The number of para-hydroxylation sites is 4. The van der Waals surface area contributed by atoms with Crippen LogP contribution in [0.2, 0.25) is 0 Å². The number of nitrogens with zero attached hydrogens (tertiary/aromatic N) is 6. The smallest absolute Gasteiger partial charge is 0.238 e. The summed E-state index contributed by atoms with van der Waals surface area (Å²) >= 11 is 0. The minimum atomic E-state index is -0.196. The van der Waals surface area contributed by atoms with Gasteiger partial charge >= 0.3 is 0 Å². The molecule has 0 bridgehead atoms. The van der Waals surface area contributed by atoms with Crippen molar-refractivity contribution in [2.45, 2.75) is 38.5 Å². The predicted molar refractivity (Wildman–Crippen MR) is 274 cm³/mol. The first-order valence-corrected chi connectivity index (χ1v) is 23.2. The van der Waals surface area contributed by atoms with Gasteiger partial charge in [-0.3, -0.25) is 4.57 Å². The summed E-state index contributed by atoms with van der Waals surface area (Å²) in [5, 5.41) is 2.22. The molecule has 4 aromatic heterocycles. The molecule has 0 spiro atoms. The van der Waals surface area contributed by atoms with Gasteiger partial charge in [0, 0.05) is 44.1 Å². The molecule has 0 fully saturated rings. The SMILES string of the molecule is CC1(C)c2ccccc2-c2ccc(-c3nc(-c4ccc5c(c4)C(C)(C)c4ccccc4-5)nc(-n4c5c6ccccc6n(-c6ccccc6)c5c5c4c4ccccc4n5-c4ccccc4)n3)cc21. The molecule has 6 heteroatoms. The summed E-state index contributed by atoms with van der Waals surface area (Å²) in [6.45, 7) is 9.31. The Morgan fingerprint density at radius 2 is 0.716 bits per heavy atom. The molecule has 0 aliphatic heterocycles. The van der Waals surface area contributed by atoms with E-state index in [4.69, 9.17) is 15.0 Å².